The van der Waals surface area contributed by atoms with Crippen LogP contribution in [0, 0.1) is 0 Å². The van der Waals surface area contributed by atoms with Crippen LogP contribution >= 0.6 is 0 Å². The van der Waals surface area contributed by atoms with E-state index in [1.807, 2.05) is 6.92 Å². The summed E-state index contributed by atoms with van der Waals surface area (Å²) >= 11 is 0. The summed E-state index contributed by atoms with van der Waals surface area (Å²) in [6, 6.07) is 14.8. The van der Waals surface area contributed by atoms with Gasteiger partial charge in [-0.05, 0) is 49.4 Å². The molecule has 4 aromatic rings. The average molecular weight is 545 g/mol. The molecule has 1 aliphatic rings. The molecule has 0 aliphatic carbocycles. The predicted octanol–water partition coefficient (Wildman–Crippen LogP) is 4.06. The van der Waals surface area contributed by atoms with Gasteiger partial charge in [0.2, 0.25) is 11.3 Å². The predicted molar refractivity (Wildman–Crippen MR) is 148 cm³/mol. The number of rotatable bonds is 9. The molecule has 206 valence electrons. The standard InChI is InChI=1S/C30H28N2O8/c1-4-38-19-7-5-18(6-8-19)29(34)22-16-32(17-28(33)31-23-10-9-20(36-2)13-25(23)37-3)24-15-27-26(39-11-12-40-27)14-21(24)30(22)35/h5-10,13-16H,4,11-12,17H2,1-3H3,(H,31,33). The molecule has 1 aromatic heterocycles. The molecule has 1 N–H and O–H groups in total. The van der Waals surface area contributed by atoms with Crippen LogP contribution in [0.4, 0.5) is 5.69 Å². The normalized spacial score (nSPS) is 12.1. The van der Waals surface area contributed by atoms with E-state index in [2.05, 4.69) is 5.32 Å². The fourth-order valence-corrected chi connectivity index (χ4v) is 4.49. The SMILES string of the molecule is CCOc1ccc(C(=O)c2cn(CC(=O)Nc3ccc(OC)cc3OC)c3cc4c(cc3c2=O)OCCO4)cc1. The van der Waals surface area contributed by atoms with E-state index in [1.165, 1.54) is 20.4 Å². The average Bonchev–Trinajstić information content (AvgIpc) is 2.98. The van der Waals surface area contributed by atoms with Crippen molar-refractivity contribution in [2.24, 2.45) is 0 Å². The van der Waals surface area contributed by atoms with Crippen LogP contribution in [0.3, 0.4) is 0 Å². The molecule has 10 heteroatoms. The number of nitrogens with one attached hydrogen (secondary N) is 1. The van der Waals surface area contributed by atoms with Crippen LogP contribution in [0.2, 0.25) is 0 Å². The van der Waals surface area contributed by atoms with Gasteiger partial charge in [-0.1, -0.05) is 0 Å². The van der Waals surface area contributed by atoms with Gasteiger partial charge < -0.3 is 33.6 Å². The van der Waals surface area contributed by atoms with Crippen LogP contribution in [-0.4, -0.2) is 50.3 Å². The first-order valence-electron chi connectivity index (χ1n) is 12.7. The zero-order chi connectivity index (χ0) is 28.2. The fourth-order valence-electron chi connectivity index (χ4n) is 4.49. The molecular formula is C30H28N2O8. The Labute approximate surface area is 230 Å². The molecule has 40 heavy (non-hydrogen) atoms. The Morgan fingerprint density at radius 2 is 1.62 bits per heavy atom. The number of aromatic nitrogens is 1. The number of anilines is 1. The van der Waals surface area contributed by atoms with Crippen molar-refractivity contribution >= 4 is 28.3 Å². The number of amides is 1. The molecule has 0 fully saturated rings. The van der Waals surface area contributed by atoms with Gasteiger partial charge in [-0.3, -0.25) is 14.4 Å². The summed E-state index contributed by atoms with van der Waals surface area (Å²) in [5.74, 6) is 1.59. The van der Waals surface area contributed by atoms with Gasteiger partial charge in [0.1, 0.15) is 37.0 Å². The van der Waals surface area contributed by atoms with Crippen molar-refractivity contribution in [3.8, 4) is 28.7 Å². The second-order valence-electron chi connectivity index (χ2n) is 8.91. The van der Waals surface area contributed by atoms with Gasteiger partial charge in [-0.15, -0.1) is 0 Å². The van der Waals surface area contributed by atoms with Crippen molar-refractivity contribution in [3.63, 3.8) is 0 Å². The van der Waals surface area contributed by atoms with Crippen molar-refractivity contribution < 1.29 is 33.3 Å². The lowest BCUT2D eigenvalue weighted by molar-refractivity contribution is -0.116. The fraction of sp³-hybridized carbons (Fsp3) is 0.233. The van der Waals surface area contributed by atoms with Crippen molar-refractivity contribution in [2.75, 3.05) is 39.4 Å². The number of ketones is 1. The van der Waals surface area contributed by atoms with Crippen LogP contribution < -0.4 is 34.4 Å². The van der Waals surface area contributed by atoms with Crippen LogP contribution in [0.25, 0.3) is 10.9 Å². The minimum Gasteiger partial charge on any atom is -0.497 e. The van der Waals surface area contributed by atoms with Crippen LogP contribution in [-0.2, 0) is 11.3 Å². The number of ether oxygens (including phenoxy) is 5. The first kappa shape index (κ1) is 26.6. The Bertz CT molecular complexity index is 1640. The molecule has 1 amide bonds. The highest BCUT2D eigenvalue weighted by molar-refractivity contribution is 6.10. The number of nitrogens with zero attached hydrogens (tertiary/aromatic N) is 1. The number of hydrogen-bond donors (Lipinski definition) is 1. The smallest absolute Gasteiger partial charge is 0.244 e. The topological polar surface area (TPSA) is 114 Å². The number of carbonyl (C=O) groups excluding carboxylic acids is 2. The molecule has 1 aliphatic heterocycles. The van der Waals surface area contributed by atoms with Gasteiger partial charge in [-0.2, -0.15) is 0 Å². The van der Waals surface area contributed by atoms with Gasteiger partial charge >= 0.3 is 0 Å². The third-order valence-electron chi connectivity index (χ3n) is 6.41. The highest BCUT2D eigenvalue weighted by Crippen LogP contribution is 2.34. The number of benzene rings is 3. The third-order valence-corrected chi connectivity index (χ3v) is 6.41. The summed E-state index contributed by atoms with van der Waals surface area (Å²) in [4.78, 5) is 40.3. The zero-order valence-corrected chi connectivity index (χ0v) is 22.3. The molecular weight excluding hydrogens is 516 g/mol. The lowest BCUT2D eigenvalue weighted by atomic mass is 10.0. The molecule has 0 saturated carbocycles. The largest absolute Gasteiger partial charge is 0.497 e. The Hall–Kier alpha value is -4.99. The highest BCUT2D eigenvalue weighted by Gasteiger charge is 2.22. The third kappa shape index (κ3) is 5.28. The Balaban J connectivity index is 1.55. The monoisotopic (exact) mass is 544 g/mol. The molecule has 10 nitrogen and oxygen atoms in total. The number of methoxy groups -OCH3 is 2. The molecule has 0 spiro atoms. The van der Waals surface area contributed by atoms with Gasteiger partial charge in [0.15, 0.2) is 17.3 Å². The first-order valence-corrected chi connectivity index (χ1v) is 12.7. The van der Waals surface area contributed by atoms with Gasteiger partial charge in [0, 0.05) is 23.9 Å². The van der Waals surface area contributed by atoms with E-state index in [0.29, 0.717) is 65.3 Å². The lowest BCUT2D eigenvalue weighted by Gasteiger charge is -2.21. The van der Waals surface area contributed by atoms with E-state index in [9.17, 15) is 14.4 Å². The van der Waals surface area contributed by atoms with Gasteiger partial charge in [-0.25, -0.2) is 0 Å². The van der Waals surface area contributed by atoms with Crippen LogP contribution in [0.15, 0.2) is 65.6 Å². The van der Waals surface area contributed by atoms with Crippen molar-refractivity contribution in [3.05, 3.63) is 82.1 Å². The van der Waals surface area contributed by atoms with E-state index in [4.69, 9.17) is 23.7 Å². The molecule has 0 saturated heterocycles. The maximum absolute atomic E-state index is 13.6. The second kappa shape index (κ2) is 11.4. The molecule has 0 unspecified atom stereocenters. The maximum Gasteiger partial charge on any atom is 0.244 e. The quantitative estimate of drug-likeness (QED) is 0.314. The van der Waals surface area contributed by atoms with Gasteiger partial charge in [0.05, 0.1) is 43.0 Å². The molecule has 3 aromatic carbocycles. The second-order valence-corrected chi connectivity index (χ2v) is 8.91. The molecule has 0 atom stereocenters. The number of fused-ring (bicyclic) bond motifs is 2. The zero-order valence-electron chi connectivity index (χ0n) is 22.3. The minimum atomic E-state index is -0.476. The summed E-state index contributed by atoms with van der Waals surface area (Å²) < 4.78 is 29.0. The lowest BCUT2D eigenvalue weighted by Crippen LogP contribution is -2.25. The minimum absolute atomic E-state index is 0.0804. The van der Waals surface area contributed by atoms with Crippen LogP contribution in [0.5, 0.6) is 28.7 Å². The highest BCUT2D eigenvalue weighted by atomic mass is 16.6. The van der Waals surface area contributed by atoms with Gasteiger partial charge in [0.25, 0.3) is 0 Å². The summed E-state index contributed by atoms with van der Waals surface area (Å²) in [5.41, 5.74) is 0.631. The number of hydrogen-bond acceptors (Lipinski definition) is 8. The van der Waals surface area contributed by atoms with E-state index >= 15 is 0 Å². The molecule has 2 heterocycles. The molecule has 0 radical (unpaired) electrons. The number of pyridine rings is 1. The van der Waals surface area contributed by atoms with E-state index < -0.39 is 17.1 Å². The van der Waals surface area contributed by atoms with Crippen molar-refractivity contribution in [2.45, 2.75) is 13.5 Å². The van der Waals surface area contributed by atoms with Crippen LogP contribution in [0.1, 0.15) is 22.8 Å². The van der Waals surface area contributed by atoms with E-state index in [0.717, 1.165) is 0 Å². The Morgan fingerprint density at radius 1 is 0.925 bits per heavy atom. The first-order chi connectivity index (χ1) is 19.4. The molecule has 0 bridgehead atoms. The Kier molecular flexibility index (Phi) is 7.59. The molecule has 5 rings (SSSR count). The maximum atomic E-state index is 13.6. The summed E-state index contributed by atoms with van der Waals surface area (Å²) in [5, 5.41) is 3.06. The van der Waals surface area contributed by atoms with Crippen molar-refractivity contribution in [1.82, 2.24) is 4.57 Å². The number of carbonyl (C=O) groups is 2. The summed E-state index contributed by atoms with van der Waals surface area (Å²) in [6.45, 7) is 2.85. The van der Waals surface area contributed by atoms with E-state index in [1.54, 1.807) is 59.2 Å². The Morgan fingerprint density at radius 3 is 2.30 bits per heavy atom. The van der Waals surface area contributed by atoms with E-state index in [-0.39, 0.29) is 17.5 Å². The summed E-state index contributed by atoms with van der Waals surface area (Å²) in [6.07, 6.45) is 1.41. The summed E-state index contributed by atoms with van der Waals surface area (Å²) in [7, 11) is 3.03. The van der Waals surface area contributed by atoms with Crippen molar-refractivity contribution in [1.29, 1.82) is 0 Å².